The van der Waals surface area contributed by atoms with Crippen molar-refractivity contribution in [3.05, 3.63) is 11.8 Å². The largest absolute Gasteiger partial charge is 0.501 e. The van der Waals surface area contributed by atoms with Gasteiger partial charge in [-0.25, -0.2) is 0 Å². The Morgan fingerprint density at radius 2 is 2.11 bits per heavy atom. The van der Waals surface area contributed by atoms with Crippen molar-refractivity contribution in [1.82, 2.24) is 5.32 Å². The van der Waals surface area contributed by atoms with Crippen molar-refractivity contribution in [3.8, 4) is 0 Å². The van der Waals surface area contributed by atoms with Crippen LogP contribution >= 0.6 is 0 Å². The SMILES string of the molecule is CCCC1CCC(C(NC)C2=COCCC2)CC1. The Morgan fingerprint density at radius 1 is 1.33 bits per heavy atom. The molecule has 2 nitrogen and oxygen atoms in total. The molecule has 1 saturated carbocycles. The van der Waals surface area contributed by atoms with E-state index in [0.29, 0.717) is 6.04 Å². The van der Waals surface area contributed by atoms with Crippen molar-refractivity contribution in [3.63, 3.8) is 0 Å². The molecule has 1 aliphatic carbocycles. The van der Waals surface area contributed by atoms with Crippen LogP contribution in [0.5, 0.6) is 0 Å². The van der Waals surface area contributed by atoms with E-state index in [9.17, 15) is 0 Å². The molecule has 0 bridgehead atoms. The predicted molar refractivity (Wildman–Crippen MR) is 76.5 cm³/mol. The molecule has 104 valence electrons. The minimum atomic E-state index is 0.563. The molecule has 1 aliphatic heterocycles. The molecule has 0 saturated heterocycles. The molecule has 1 N–H and O–H groups in total. The number of nitrogens with one attached hydrogen (secondary N) is 1. The Labute approximate surface area is 112 Å². The first-order valence-corrected chi connectivity index (χ1v) is 7.83. The van der Waals surface area contributed by atoms with Crippen molar-refractivity contribution in [2.75, 3.05) is 13.7 Å². The molecule has 2 heteroatoms. The molecular formula is C16H29NO. The second-order valence-electron chi connectivity index (χ2n) is 6.00. The zero-order valence-corrected chi connectivity index (χ0v) is 12.1. The summed E-state index contributed by atoms with van der Waals surface area (Å²) < 4.78 is 5.51. The van der Waals surface area contributed by atoms with E-state index < -0.39 is 0 Å². The molecule has 1 unspecified atom stereocenters. The third-order valence-electron chi connectivity index (χ3n) is 4.73. The first-order valence-electron chi connectivity index (χ1n) is 7.83. The summed E-state index contributed by atoms with van der Waals surface area (Å²) in [4.78, 5) is 0. The van der Waals surface area contributed by atoms with Crippen molar-refractivity contribution < 1.29 is 4.74 Å². The maximum Gasteiger partial charge on any atom is 0.0876 e. The fourth-order valence-corrected chi connectivity index (χ4v) is 3.76. The van der Waals surface area contributed by atoms with Crippen molar-refractivity contribution >= 4 is 0 Å². The van der Waals surface area contributed by atoms with Gasteiger partial charge in [-0.15, -0.1) is 0 Å². The third kappa shape index (κ3) is 3.50. The highest BCUT2D eigenvalue weighted by Gasteiger charge is 2.29. The van der Waals surface area contributed by atoms with Crippen LogP contribution in [0.1, 0.15) is 58.3 Å². The van der Waals surface area contributed by atoms with E-state index in [2.05, 4.69) is 19.3 Å². The van der Waals surface area contributed by atoms with Gasteiger partial charge in [0.25, 0.3) is 0 Å². The lowest BCUT2D eigenvalue weighted by Crippen LogP contribution is -2.38. The van der Waals surface area contributed by atoms with Crippen molar-refractivity contribution in [2.24, 2.45) is 11.8 Å². The maximum atomic E-state index is 5.51. The number of hydrogen-bond acceptors (Lipinski definition) is 2. The Kier molecular flexibility index (Phi) is 5.55. The third-order valence-corrected chi connectivity index (χ3v) is 4.73. The Balaban J connectivity index is 1.87. The topological polar surface area (TPSA) is 21.3 Å². The van der Waals surface area contributed by atoms with E-state index in [0.717, 1.165) is 18.4 Å². The van der Waals surface area contributed by atoms with Crippen molar-refractivity contribution in [1.29, 1.82) is 0 Å². The van der Waals surface area contributed by atoms with E-state index >= 15 is 0 Å². The summed E-state index contributed by atoms with van der Waals surface area (Å²) in [5.41, 5.74) is 1.50. The average Bonchev–Trinajstić information content (AvgIpc) is 2.43. The summed E-state index contributed by atoms with van der Waals surface area (Å²) in [6, 6.07) is 0.563. The van der Waals surface area contributed by atoms with Crippen LogP contribution in [-0.4, -0.2) is 19.7 Å². The highest BCUT2D eigenvalue weighted by atomic mass is 16.5. The van der Waals surface area contributed by atoms with E-state index in [1.807, 2.05) is 6.26 Å². The van der Waals surface area contributed by atoms with E-state index in [1.165, 1.54) is 56.9 Å². The average molecular weight is 251 g/mol. The molecule has 18 heavy (non-hydrogen) atoms. The van der Waals surface area contributed by atoms with Crippen LogP contribution in [0.15, 0.2) is 11.8 Å². The molecule has 0 radical (unpaired) electrons. The molecule has 0 spiro atoms. The van der Waals surface area contributed by atoms with Crippen LogP contribution < -0.4 is 5.32 Å². The zero-order chi connectivity index (χ0) is 12.8. The molecule has 2 rings (SSSR count). The molecule has 1 fully saturated rings. The van der Waals surface area contributed by atoms with Gasteiger partial charge >= 0.3 is 0 Å². The number of rotatable bonds is 5. The number of ether oxygens (including phenoxy) is 1. The standard InChI is InChI=1S/C16H29NO/c1-3-5-13-7-9-14(10-8-13)16(17-2)15-6-4-11-18-12-15/h12-14,16-17H,3-11H2,1-2H3. The van der Waals surface area contributed by atoms with Gasteiger partial charge in [0, 0.05) is 6.04 Å². The lowest BCUT2D eigenvalue weighted by molar-refractivity contribution is 0.197. The van der Waals surface area contributed by atoms with Crippen LogP contribution in [-0.2, 0) is 4.74 Å². The highest BCUT2D eigenvalue weighted by molar-refractivity contribution is 5.12. The van der Waals surface area contributed by atoms with Gasteiger partial charge < -0.3 is 10.1 Å². The summed E-state index contributed by atoms with van der Waals surface area (Å²) in [6.45, 7) is 3.22. The highest BCUT2D eigenvalue weighted by Crippen LogP contribution is 2.36. The van der Waals surface area contributed by atoms with Crippen LogP contribution in [0.3, 0.4) is 0 Å². The zero-order valence-electron chi connectivity index (χ0n) is 12.1. The van der Waals surface area contributed by atoms with E-state index in [4.69, 9.17) is 4.74 Å². The summed E-state index contributed by atoms with van der Waals surface area (Å²) in [5.74, 6) is 1.83. The minimum Gasteiger partial charge on any atom is -0.501 e. The molecule has 1 atom stereocenters. The van der Waals surface area contributed by atoms with Gasteiger partial charge in [0.15, 0.2) is 0 Å². The van der Waals surface area contributed by atoms with Gasteiger partial charge in [0.2, 0.25) is 0 Å². The normalized spacial score (nSPS) is 30.4. The van der Waals surface area contributed by atoms with Crippen molar-refractivity contribution in [2.45, 2.75) is 64.3 Å². The van der Waals surface area contributed by atoms with E-state index in [-0.39, 0.29) is 0 Å². The molecule has 0 aromatic rings. The second-order valence-corrected chi connectivity index (χ2v) is 6.00. The molecule has 0 amide bonds. The van der Waals surface area contributed by atoms with Crippen LogP contribution in [0.2, 0.25) is 0 Å². The molecular weight excluding hydrogens is 222 g/mol. The molecule has 1 heterocycles. The first kappa shape index (κ1) is 13.9. The van der Waals surface area contributed by atoms with Gasteiger partial charge in [0.1, 0.15) is 0 Å². The summed E-state index contributed by atoms with van der Waals surface area (Å²) in [5, 5.41) is 3.54. The van der Waals surface area contributed by atoms with Gasteiger partial charge in [-0.3, -0.25) is 0 Å². The van der Waals surface area contributed by atoms with Crippen LogP contribution in [0.4, 0.5) is 0 Å². The first-order chi connectivity index (χ1) is 8.85. The Morgan fingerprint density at radius 3 is 2.67 bits per heavy atom. The summed E-state index contributed by atoms with van der Waals surface area (Å²) in [7, 11) is 2.11. The summed E-state index contributed by atoms with van der Waals surface area (Å²) in [6.07, 6.45) is 12.9. The number of hydrogen-bond donors (Lipinski definition) is 1. The lowest BCUT2D eigenvalue weighted by Gasteiger charge is -2.35. The minimum absolute atomic E-state index is 0.563. The van der Waals surface area contributed by atoms with Gasteiger partial charge in [0.05, 0.1) is 12.9 Å². The van der Waals surface area contributed by atoms with Crippen LogP contribution in [0, 0.1) is 11.8 Å². The quantitative estimate of drug-likeness (QED) is 0.800. The molecule has 2 aliphatic rings. The number of likely N-dealkylation sites (N-methyl/N-ethyl adjacent to an activating group) is 1. The van der Waals surface area contributed by atoms with E-state index in [1.54, 1.807) is 0 Å². The molecule has 0 aromatic carbocycles. The lowest BCUT2D eigenvalue weighted by atomic mass is 9.75. The van der Waals surface area contributed by atoms with Gasteiger partial charge in [-0.2, -0.15) is 0 Å². The smallest absolute Gasteiger partial charge is 0.0876 e. The molecule has 0 aromatic heterocycles. The van der Waals surface area contributed by atoms with Gasteiger partial charge in [-0.1, -0.05) is 32.6 Å². The van der Waals surface area contributed by atoms with Gasteiger partial charge in [-0.05, 0) is 50.1 Å². The predicted octanol–water partition coefficient (Wildman–Crippen LogP) is 3.88. The fraction of sp³-hybridized carbons (Fsp3) is 0.875. The monoisotopic (exact) mass is 251 g/mol. The maximum absolute atomic E-state index is 5.51. The second kappa shape index (κ2) is 7.18. The Hall–Kier alpha value is -0.500. The van der Waals surface area contributed by atoms with Crippen LogP contribution in [0.25, 0.3) is 0 Å². The Bertz CT molecular complexity index is 266. The fourth-order valence-electron chi connectivity index (χ4n) is 3.76. The summed E-state index contributed by atoms with van der Waals surface area (Å²) >= 11 is 0.